The Kier molecular flexibility index (Phi) is 5.08. The van der Waals surface area contributed by atoms with E-state index < -0.39 is 0 Å². The van der Waals surface area contributed by atoms with Crippen molar-refractivity contribution in [2.24, 2.45) is 11.0 Å². The average Bonchev–Trinajstić information content (AvgIpc) is 3.28. The SMILES string of the molecule is CCOC(=O)C1CCN(/C(C)=C2/C(=O)N(c3nc4ccccc4[nH]3)N=C2C)CC1. The average molecular weight is 395 g/mol. The third-order valence-corrected chi connectivity index (χ3v) is 5.55. The summed E-state index contributed by atoms with van der Waals surface area (Å²) in [7, 11) is 0. The maximum atomic E-state index is 13.1. The van der Waals surface area contributed by atoms with Crippen molar-refractivity contribution in [3.63, 3.8) is 0 Å². The van der Waals surface area contributed by atoms with Crippen LogP contribution in [-0.4, -0.2) is 52.2 Å². The number of anilines is 1. The maximum Gasteiger partial charge on any atom is 0.309 e. The van der Waals surface area contributed by atoms with E-state index in [1.165, 1.54) is 5.01 Å². The van der Waals surface area contributed by atoms with Crippen molar-refractivity contribution < 1.29 is 14.3 Å². The number of aromatic amines is 1. The van der Waals surface area contributed by atoms with Crippen molar-refractivity contribution in [3.05, 3.63) is 35.5 Å². The van der Waals surface area contributed by atoms with Crippen LogP contribution < -0.4 is 5.01 Å². The predicted molar refractivity (Wildman–Crippen MR) is 110 cm³/mol. The highest BCUT2D eigenvalue weighted by atomic mass is 16.5. The van der Waals surface area contributed by atoms with Crippen LogP contribution >= 0.6 is 0 Å². The molecule has 1 amide bonds. The number of piperidine rings is 1. The van der Waals surface area contributed by atoms with Crippen LogP contribution in [0.5, 0.6) is 0 Å². The summed E-state index contributed by atoms with van der Waals surface area (Å²) >= 11 is 0. The molecular weight excluding hydrogens is 370 g/mol. The number of hydrazone groups is 1. The number of nitrogens with zero attached hydrogens (tertiary/aromatic N) is 4. The zero-order chi connectivity index (χ0) is 20.5. The molecule has 0 spiro atoms. The molecule has 1 N–H and O–H groups in total. The quantitative estimate of drug-likeness (QED) is 0.635. The number of H-pyrrole nitrogens is 1. The van der Waals surface area contributed by atoms with Gasteiger partial charge in [0.25, 0.3) is 5.91 Å². The fourth-order valence-electron chi connectivity index (χ4n) is 3.97. The number of amides is 1. The number of carbonyl (C=O) groups excluding carboxylic acids is 2. The third kappa shape index (κ3) is 3.50. The Hall–Kier alpha value is -3.16. The number of rotatable bonds is 4. The largest absolute Gasteiger partial charge is 0.466 e. The maximum absolute atomic E-state index is 13.1. The van der Waals surface area contributed by atoms with E-state index in [-0.39, 0.29) is 17.8 Å². The summed E-state index contributed by atoms with van der Waals surface area (Å²) in [6, 6.07) is 7.63. The molecule has 0 aliphatic carbocycles. The predicted octanol–water partition coefficient (Wildman–Crippen LogP) is 2.83. The zero-order valence-corrected chi connectivity index (χ0v) is 16.9. The van der Waals surface area contributed by atoms with Crippen molar-refractivity contribution in [2.75, 3.05) is 24.7 Å². The number of ether oxygens (including phenoxy) is 1. The van der Waals surface area contributed by atoms with E-state index in [4.69, 9.17) is 4.74 Å². The lowest BCUT2D eigenvalue weighted by Crippen LogP contribution is -2.37. The van der Waals surface area contributed by atoms with Crippen molar-refractivity contribution in [2.45, 2.75) is 33.6 Å². The van der Waals surface area contributed by atoms with Crippen molar-refractivity contribution in [3.8, 4) is 0 Å². The van der Waals surface area contributed by atoms with Crippen LogP contribution in [0.25, 0.3) is 11.0 Å². The second-order valence-corrected chi connectivity index (χ2v) is 7.35. The van der Waals surface area contributed by atoms with Gasteiger partial charge in [0, 0.05) is 18.8 Å². The second-order valence-electron chi connectivity index (χ2n) is 7.35. The summed E-state index contributed by atoms with van der Waals surface area (Å²) in [4.78, 5) is 34.9. The molecule has 2 aliphatic heterocycles. The normalized spacial score (nSPS) is 19.7. The zero-order valence-electron chi connectivity index (χ0n) is 16.9. The summed E-state index contributed by atoms with van der Waals surface area (Å²) in [5.74, 6) is 0.0410. The Labute approximate surface area is 169 Å². The Morgan fingerprint density at radius 1 is 1.28 bits per heavy atom. The monoisotopic (exact) mass is 395 g/mol. The molecule has 0 atom stereocenters. The fraction of sp³-hybridized carbons (Fsp3) is 0.429. The molecule has 2 aliphatic rings. The van der Waals surface area contributed by atoms with Gasteiger partial charge >= 0.3 is 5.97 Å². The number of fused-ring (bicyclic) bond motifs is 1. The molecule has 1 saturated heterocycles. The van der Waals surface area contributed by atoms with Crippen molar-refractivity contribution in [1.29, 1.82) is 0 Å². The van der Waals surface area contributed by atoms with Gasteiger partial charge in [0.2, 0.25) is 5.95 Å². The third-order valence-electron chi connectivity index (χ3n) is 5.55. The number of hydrogen-bond donors (Lipinski definition) is 1. The molecule has 1 aromatic carbocycles. The topological polar surface area (TPSA) is 90.9 Å². The Morgan fingerprint density at radius 2 is 2.00 bits per heavy atom. The highest BCUT2D eigenvalue weighted by molar-refractivity contribution is 6.29. The number of hydrogen-bond acceptors (Lipinski definition) is 6. The van der Waals surface area contributed by atoms with E-state index >= 15 is 0 Å². The van der Waals surface area contributed by atoms with Crippen LogP contribution in [0, 0.1) is 5.92 Å². The molecule has 4 rings (SSSR count). The Bertz CT molecular complexity index is 981. The first-order chi connectivity index (χ1) is 14.0. The summed E-state index contributed by atoms with van der Waals surface area (Å²) < 4.78 is 5.14. The number of nitrogens with one attached hydrogen (secondary N) is 1. The summed E-state index contributed by atoms with van der Waals surface area (Å²) in [6.07, 6.45) is 1.45. The molecule has 29 heavy (non-hydrogen) atoms. The van der Waals surface area contributed by atoms with Crippen LogP contribution in [0.3, 0.4) is 0 Å². The second kappa shape index (κ2) is 7.69. The van der Waals surface area contributed by atoms with E-state index in [1.54, 1.807) is 0 Å². The van der Waals surface area contributed by atoms with Crippen LogP contribution in [0.15, 0.2) is 40.6 Å². The van der Waals surface area contributed by atoms with Gasteiger partial charge in [0.1, 0.15) is 0 Å². The molecule has 8 heteroatoms. The minimum Gasteiger partial charge on any atom is -0.466 e. The molecule has 1 fully saturated rings. The number of likely N-dealkylation sites (tertiary alicyclic amines) is 1. The minimum atomic E-state index is -0.188. The van der Waals surface area contributed by atoms with Gasteiger partial charge in [-0.15, -0.1) is 0 Å². The standard InChI is InChI=1S/C21H25N5O3/c1-4-29-20(28)15-9-11-25(12-10-15)14(3)18-13(2)24-26(19(18)27)21-22-16-7-5-6-8-17(16)23-21/h5-8,15H,4,9-12H2,1-3H3,(H,22,23)/b18-14+. The van der Waals surface area contributed by atoms with E-state index in [2.05, 4.69) is 20.0 Å². The molecule has 0 radical (unpaired) electrons. The van der Waals surface area contributed by atoms with E-state index in [0.717, 1.165) is 29.6 Å². The first-order valence-electron chi connectivity index (χ1n) is 9.96. The van der Waals surface area contributed by atoms with E-state index in [1.807, 2.05) is 45.0 Å². The van der Waals surface area contributed by atoms with E-state index in [0.29, 0.717) is 36.9 Å². The molecule has 0 bridgehead atoms. The van der Waals surface area contributed by atoms with Gasteiger partial charge in [-0.05, 0) is 45.7 Å². The first-order valence-corrected chi connectivity index (χ1v) is 9.96. The molecule has 8 nitrogen and oxygen atoms in total. The van der Waals surface area contributed by atoms with Crippen LogP contribution in [0.4, 0.5) is 5.95 Å². The first kappa shape index (κ1) is 19.2. The van der Waals surface area contributed by atoms with Gasteiger partial charge in [0.05, 0.1) is 34.8 Å². The number of imidazole rings is 1. The lowest BCUT2D eigenvalue weighted by molar-refractivity contribution is -0.149. The highest BCUT2D eigenvalue weighted by Crippen LogP contribution is 2.28. The van der Waals surface area contributed by atoms with Crippen molar-refractivity contribution >= 4 is 34.6 Å². The highest BCUT2D eigenvalue weighted by Gasteiger charge is 2.35. The summed E-state index contributed by atoms with van der Waals surface area (Å²) in [5, 5.41) is 5.78. The number of allylic oxidation sites excluding steroid dienone is 1. The van der Waals surface area contributed by atoms with Gasteiger partial charge in [-0.2, -0.15) is 10.1 Å². The molecule has 2 aromatic rings. The van der Waals surface area contributed by atoms with Gasteiger partial charge in [0.15, 0.2) is 0 Å². The number of carbonyl (C=O) groups is 2. The van der Waals surface area contributed by atoms with E-state index in [9.17, 15) is 9.59 Å². The lowest BCUT2D eigenvalue weighted by Gasteiger charge is -2.33. The molecule has 1 aromatic heterocycles. The van der Waals surface area contributed by atoms with Crippen LogP contribution in [-0.2, 0) is 14.3 Å². The fourth-order valence-corrected chi connectivity index (χ4v) is 3.97. The molecule has 0 unspecified atom stereocenters. The molecule has 0 saturated carbocycles. The molecule has 152 valence electrons. The van der Waals surface area contributed by atoms with Gasteiger partial charge in [-0.3, -0.25) is 9.59 Å². The number of aromatic nitrogens is 2. The van der Waals surface area contributed by atoms with Gasteiger partial charge < -0.3 is 14.6 Å². The number of esters is 1. The Morgan fingerprint density at radius 3 is 2.69 bits per heavy atom. The van der Waals surface area contributed by atoms with Crippen LogP contribution in [0.2, 0.25) is 0 Å². The number of para-hydroxylation sites is 2. The van der Waals surface area contributed by atoms with Crippen LogP contribution in [0.1, 0.15) is 33.6 Å². The number of benzene rings is 1. The lowest BCUT2D eigenvalue weighted by atomic mass is 9.96. The molecular formula is C21H25N5O3. The smallest absolute Gasteiger partial charge is 0.309 e. The Balaban J connectivity index is 1.53. The van der Waals surface area contributed by atoms with Gasteiger partial charge in [-0.1, -0.05) is 12.1 Å². The minimum absolute atomic E-state index is 0.0647. The summed E-state index contributed by atoms with van der Waals surface area (Å²) in [6.45, 7) is 7.44. The van der Waals surface area contributed by atoms with Crippen molar-refractivity contribution in [1.82, 2.24) is 14.9 Å². The summed E-state index contributed by atoms with van der Waals surface area (Å²) in [5.41, 5.74) is 3.80. The molecule has 3 heterocycles. The van der Waals surface area contributed by atoms with Gasteiger partial charge in [-0.25, -0.2) is 4.98 Å².